The van der Waals surface area contributed by atoms with Crippen LogP contribution in [0.1, 0.15) is 16.9 Å². The molecule has 4 aromatic rings. The van der Waals surface area contributed by atoms with E-state index in [1.807, 2.05) is 26.2 Å². The third-order valence-corrected chi connectivity index (χ3v) is 8.05. The van der Waals surface area contributed by atoms with Crippen LogP contribution in [-0.4, -0.2) is 82.4 Å². The second-order valence-electron chi connectivity index (χ2n) is 9.46. The van der Waals surface area contributed by atoms with Crippen LogP contribution in [-0.2, 0) is 22.4 Å². The number of hydrogen-bond acceptors (Lipinski definition) is 9. The summed E-state index contributed by atoms with van der Waals surface area (Å²) in [5.74, 6) is 1.49. The minimum absolute atomic E-state index is 0.00341. The van der Waals surface area contributed by atoms with Gasteiger partial charge in [-0.25, -0.2) is 14.8 Å². The molecule has 192 valence electrons. The summed E-state index contributed by atoms with van der Waals surface area (Å²) in [5.41, 5.74) is 2.80. The number of aryl methyl sites for hydroxylation is 1. The Morgan fingerprint density at radius 1 is 1.35 bits per heavy atom. The minimum Gasteiger partial charge on any atom is -0.489 e. The van der Waals surface area contributed by atoms with Crippen LogP contribution in [0.3, 0.4) is 0 Å². The normalized spacial score (nSPS) is 17.2. The molecule has 0 spiro atoms. The monoisotopic (exact) mass is 521 g/mol. The maximum absolute atomic E-state index is 12.6. The number of rotatable bonds is 7. The molecule has 1 fully saturated rings. The van der Waals surface area contributed by atoms with Crippen LogP contribution in [0.15, 0.2) is 24.7 Å². The largest absolute Gasteiger partial charge is 0.489 e. The summed E-state index contributed by atoms with van der Waals surface area (Å²) in [6.45, 7) is 1.72. The van der Waals surface area contributed by atoms with E-state index in [4.69, 9.17) is 9.47 Å². The lowest BCUT2D eigenvalue weighted by atomic mass is 9.87. The number of nitrogens with zero attached hydrogens (tertiary/aromatic N) is 5. The second-order valence-corrected chi connectivity index (χ2v) is 10.5. The van der Waals surface area contributed by atoms with Gasteiger partial charge in [0.25, 0.3) is 0 Å². The van der Waals surface area contributed by atoms with Gasteiger partial charge in [0.1, 0.15) is 35.9 Å². The van der Waals surface area contributed by atoms with Gasteiger partial charge in [-0.1, -0.05) is 0 Å². The third kappa shape index (κ3) is 4.41. The highest BCUT2D eigenvalue weighted by molar-refractivity contribution is 7.19. The molecular weight excluding hydrogens is 494 g/mol. The SMILES string of the molecule is CN(C)C(=O)C1CCc2c(sc3ncnc(Nc4cc5cn[nH]c5cc4OCCN4CCOC4=O)c23)C1. The highest BCUT2D eigenvalue weighted by Crippen LogP contribution is 2.42. The van der Waals surface area contributed by atoms with E-state index in [-0.39, 0.29) is 17.9 Å². The Labute approximate surface area is 216 Å². The molecule has 0 bridgehead atoms. The number of thiophene rings is 1. The Bertz CT molecular complexity index is 1500. The smallest absolute Gasteiger partial charge is 0.410 e. The van der Waals surface area contributed by atoms with Crippen molar-refractivity contribution in [2.75, 3.05) is 45.7 Å². The zero-order chi connectivity index (χ0) is 25.5. The zero-order valence-electron chi connectivity index (χ0n) is 20.6. The van der Waals surface area contributed by atoms with E-state index >= 15 is 0 Å². The van der Waals surface area contributed by atoms with Crippen LogP contribution in [0.25, 0.3) is 21.1 Å². The van der Waals surface area contributed by atoms with Gasteiger partial charge in [-0.3, -0.25) is 9.89 Å². The van der Waals surface area contributed by atoms with Crippen molar-refractivity contribution in [1.82, 2.24) is 30.0 Å². The van der Waals surface area contributed by atoms with Gasteiger partial charge >= 0.3 is 6.09 Å². The lowest BCUT2D eigenvalue weighted by Crippen LogP contribution is -2.32. The molecule has 1 aliphatic heterocycles. The van der Waals surface area contributed by atoms with Crippen molar-refractivity contribution in [2.45, 2.75) is 19.3 Å². The fourth-order valence-electron chi connectivity index (χ4n) is 4.99. The molecule has 4 heterocycles. The molecule has 11 nitrogen and oxygen atoms in total. The summed E-state index contributed by atoms with van der Waals surface area (Å²) in [5, 5.41) is 12.5. The average molecular weight is 522 g/mol. The molecule has 12 heteroatoms. The molecule has 3 aromatic heterocycles. The zero-order valence-corrected chi connectivity index (χ0v) is 21.4. The topological polar surface area (TPSA) is 126 Å². The number of hydrogen-bond donors (Lipinski definition) is 2. The van der Waals surface area contributed by atoms with E-state index in [0.29, 0.717) is 37.9 Å². The summed E-state index contributed by atoms with van der Waals surface area (Å²) < 4.78 is 11.1. The molecule has 1 unspecified atom stereocenters. The van der Waals surface area contributed by atoms with Crippen molar-refractivity contribution < 1.29 is 19.1 Å². The summed E-state index contributed by atoms with van der Waals surface area (Å²) in [6.07, 6.45) is 5.34. The Morgan fingerprint density at radius 2 is 2.24 bits per heavy atom. The Morgan fingerprint density at radius 3 is 3.05 bits per heavy atom. The molecule has 2 amide bonds. The number of amides is 2. The van der Waals surface area contributed by atoms with Gasteiger partial charge in [-0.15, -0.1) is 11.3 Å². The summed E-state index contributed by atoms with van der Waals surface area (Å²) in [4.78, 5) is 38.9. The number of benzene rings is 1. The highest BCUT2D eigenvalue weighted by Gasteiger charge is 2.30. The van der Waals surface area contributed by atoms with Gasteiger partial charge in [0, 0.05) is 36.3 Å². The fourth-order valence-corrected chi connectivity index (χ4v) is 6.26. The number of ether oxygens (including phenoxy) is 2. The molecule has 1 atom stereocenters. The molecule has 6 rings (SSSR count). The summed E-state index contributed by atoms with van der Waals surface area (Å²) in [7, 11) is 3.62. The van der Waals surface area contributed by atoms with Gasteiger partial charge in [0.2, 0.25) is 5.91 Å². The number of H-pyrrole nitrogens is 1. The minimum atomic E-state index is -0.314. The van der Waals surface area contributed by atoms with E-state index < -0.39 is 0 Å². The predicted octanol–water partition coefficient (Wildman–Crippen LogP) is 3.34. The van der Waals surface area contributed by atoms with Crippen molar-refractivity contribution in [2.24, 2.45) is 5.92 Å². The molecular formula is C25H27N7O4S. The van der Waals surface area contributed by atoms with E-state index in [0.717, 1.165) is 46.1 Å². The number of carbonyl (C=O) groups is 2. The summed E-state index contributed by atoms with van der Waals surface area (Å²) >= 11 is 1.64. The molecule has 0 radical (unpaired) electrons. The first-order valence-corrected chi connectivity index (χ1v) is 13.0. The van der Waals surface area contributed by atoms with Crippen LogP contribution in [0.5, 0.6) is 5.75 Å². The second kappa shape index (κ2) is 9.51. The number of aromatic nitrogens is 4. The van der Waals surface area contributed by atoms with Gasteiger partial charge in [0.15, 0.2) is 0 Å². The van der Waals surface area contributed by atoms with Gasteiger partial charge < -0.3 is 24.6 Å². The van der Waals surface area contributed by atoms with E-state index in [2.05, 4.69) is 25.5 Å². The van der Waals surface area contributed by atoms with Gasteiger partial charge in [0.05, 0.1) is 35.9 Å². The number of carbonyl (C=O) groups excluding carboxylic acids is 2. The Kier molecular flexibility index (Phi) is 6.03. The van der Waals surface area contributed by atoms with Crippen LogP contribution < -0.4 is 10.1 Å². The average Bonchev–Trinajstić information content (AvgIpc) is 3.61. The number of nitrogens with one attached hydrogen (secondary N) is 2. The van der Waals surface area contributed by atoms with E-state index in [1.54, 1.807) is 33.7 Å². The Hall–Kier alpha value is -3.93. The number of anilines is 2. The summed E-state index contributed by atoms with van der Waals surface area (Å²) in [6, 6.07) is 3.86. The van der Waals surface area contributed by atoms with Crippen LogP contribution in [0.2, 0.25) is 0 Å². The van der Waals surface area contributed by atoms with E-state index in [9.17, 15) is 9.59 Å². The quantitative estimate of drug-likeness (QED) is 0.379. The number of aromatic amines is 1. The molecule has 2 N–H and O–H groups in total. The van der Waals surface area contributed by atoms with E-state index in [1.165, 1.54) is 10.4 Å². The molecule has 37 heavy (non-hydrogen) atoms. The highest BCUT2D eigenvalue weighted by atomic mass is 32.1. The van der Waals surface area contributed by atoms with Crippen molar-refractivity contribution in [3.05, 3.63) is 35.1 Å². The first kappa shape index (κ1) is 23.5. The van der Waals surface area contributed by atoms with Gasteiger partial charge in [-0.05, 0) is 30.9 Å². The maximum atomic E-state index is 12.6. The first-order chi connectivity index (χ1) is 18.0. The van der Waals surface area contributed by atoms with Crippen molar-refractivity contribution in [1.29, 1.82) is 0 Å². The third-order valence-electron chi connectivity index (χ3n) is 6.89. The lowest BCUT2D eigenvalue weighted by Gasteiger charge is -2.24. The van der Waals surface area contributed by atoms with Gasteiger partial charge in [-0.2, -0.15) is 5.10 Å². The van der Waals surface area contributed by atoms with Crippen molar-refractivity contribution in [3.8, 4) is 5.75 Å². The van der Waals surface area contributed by atoms with Crippen LogP contribution >= 0.6 is 11.3 Å². The fraction of sp³-hybridized carbons (Fsp3) is 0.400. The standard InChI is InChI=1S/C25H27N7O4S/c1-31(2)24(33)14-3-4-16-20(10-14)37-23-21(16)22(26-13-27-23)29-18-9-15-12-28-30-17(15)11-19(18)35-7-5-32-6-8-36-25(32)34/h9,11-14H,3-8,10H2,1-2H3,(H,28,30)(H,26,27,29). The molecule has 2 aliphatic rings. The maximum Gasteiger partial charge on any atom is 0.410 e. The predicted molar refractivity (Wildman–Crippen MR) is 139 cm³/mol. The van der Waals surface area contributed by atoms with Crippen LogP contribution in [0.4, 0.5) is 16.3 Å². The van der Waals surface area contributed by atoms with Crippen LogP contribution in [0, 0.1) is 5.92 Å². The van der Waals surface area contributed by atoms with Crippen molar-refractivity contribution in [3.63, 3.8) is 0 Å². The molecule has 1 aromatic carbocycles. The van der Waals surface area contributed by atoms with Crippen molar-refractivity contribution >= 4 is 56.0 Å². The first-order valence-electron chi connectivity index (χ1n) is 12.2. The molecule has 1 saturated heterocycles. The Balaban J connectivity index is 1.30. The molecule has 1 aliphatic carbocycles. The molecule has 0 saturated carbocycles. The number of cyclic esters (lactones) is 1. The number of fused-ring (bicyclic) bond motifs is 4. The lowest BCUT2D eigenvalue weighted by molar-refractivity contribution is -0.133.